The number of esters is 1. The number of benzene rings is 3. The number of ether oxygens (including phenoxy) is 1. The van der Waals surface area contributed by atoms with Crippen molar-refractivity contribution in [1.82, 2.24) is 25.2 Å². The van der Waals surface area contributed by atoms with Gasteiger partial charge in [0.15, 0.2) is 0 Å². The molecular formula is C45H48F2N5O7PS. The Kier molecular flexibility index (Phi) is 12.3. The van der Waals surface area contributed by atoms with Crippen molar-refractivity contribution in [2.24, 2.45) is 0 Å². The molecule has 0 aliphatic carbocycles. The Hall–Kier alpha value is -5.24. The first kappa shape index (κ1) is 42.5. The molecule has 3 aliphatic rings. The number of hydrogen-bond acceptors (Lipinski definition) is 9. The van der Waals surface area contributed by atoms with E-state index in [-0.39, 0.29) is 46.4 Å². The standard InChI is InChI=1S/C45H48F2N5O7PS/c1-3-4-22-58-44(56)28(2)50-60(57,59-38-16-7-11-29-10-5-6-14-35(29)38)45(46,47)33-17-20-39-31(23-33)24-40(61-39)41(53)49-36-15-8-13-34-18-19-37(52(34)42(36)54)43(55)51-26-32(27-51)30-12-9-21-48-25-30/h5-7,9-12,14,16-17,20-21,23-25,28,32,34,36-37H,3-4,8,13,15,18-19,22,26-27H2,1-2H3,(H,49,53)(H,50,57)/t28-,34-,36-,37-,60?/m0/s1. The molecule has 0 spiro atoms. The third-order valence-corrected chi connectivity index (χ3v) is 15.2. The third kappa shape index (κ3) is 8.52. The van der Waals surface area contributed by atoms with Gasteiger partial charge in [-0.05, 0) is 92.1 Å². The first-order valence-electron chi connectivity index (χ1n) is 20.8. The molecule has 5 atom stereocenters. The highest BCUT2D eigenvalue weighted by atomic mass is 32.1. The van der Waals surface area contributed by atoms with Crippen LogP contribution in [0.3, 0.4) is 0 Å². The van der Waals surface area contributed by atoms with Gasteiger partial charge in [0.2, 0.25) is 11.8 Å². The summed E-state index contributed by atoms with van der Waals surface area (Å²) in [6.07, 6.45) is 7.92. The molecule has 5 aromatic rings. The molecule has 0 radical (unpaired) electrons. The molecule has 12 nitrogen and oxygen atoms in total. The number of nitrogens with zero attached hydrogens (tertiary/aromatic N) is 3. The monoisotopic (exact) mass is 871 g/mol. The van der Waals surface area contributed by atoms with E-state index < -0.39 is 48.7 Å². The molecule has 5 heterocycles. The number of unbranched alkanes of at least 4 members (excludes halogenated alkanes) is 1. The summed E-state index contributed by atoms with van der Waals surface area (Å²) in [7, 11) is -5.32. The van der Waals surface area contributed by atoms with Crippen LogP contribution in [0.1, 0.15) is 85.5 Å². The van der Waals surface area contributed by atoms with E-state index in [0.29, 0.717) is 60.7 Å². The number of pyridine rings is 1. The number of thiophene rings is 1. The number of amides is 3. The van der Waals surface area contributed by atoms with Gasteiger partial charge >= 0.3 is 19.2 Å². The van der Waals surface area contributed by atoms with E-state index in [1.54, 1.807) is 52.4 Å². The lowest BCUT2D eigenvalue weighted by molar-refractivity contribution is -0.148. The van der Waals surface area contributed by atoms with Gasteiger partial charge in [0, 0.05) is 53.1 Å². The van der Waals surface area contributed by atoms with E-state index in [1.165, 1.54) is 25.1 Å². The lowest BCUT2D eigenvalue weighted by atomic mass is 9.92. The molecule has 16 heteroatoms. The molecule has 3 amide bonds. The number of likely N-dealkylation sites (tertiary alicyclic amines) is 1. The molecule has 0 saturated carbocycles. The van der Waals surface area contributed by atoms with Gasteiger partial charge in [0.1, 0.15) is 23.9 Å². The summed E-state index contributed by atoms with van der Waals surface area (Å²) in [5.41, 5.74) is -3.76. The van der Waals surface area contributed by atoms with Crippen LogP contribution in [0, 0.1) is 0 Å². The van der Waals surface area contributed by atoms with Gasteiger partial charge in [-0.15, -0.1) is 11.3 Å². The summed E-state index contributed by atoms with van der Waals surface area (Å²) >= 11 is 1.07. The Morgan fingerprint density at radius 3 is 2.57 bits per heavy atom. The maximum Gasteiger partial charge on any atom is 0.390 e. The highest BCUT2D eigenvalue weighted by Crippen LogP contribution is 2.64. The van der Waals surface area contributed by atoms with Crippen LogP contribution in [-0.4, -0.2) is 82.3 Å². The van der Waals surface area contributed by atoms with Gasteiger partial charge in [-0.2, -0.15) is 8.78 Å². The van der Waals surface area contributed by atoms with Crippen molar-refractivity contribution in [3.63, 3.8) is 0 Å². The predicted octanol–water partition coefficient (Wildman–Crippen LogP) is 8.36. The summed E-state index contributed by atoms with van der Waals surface area (Å²) in [6, 6.07) is 17.8. The van der Waals surface area contributed by atoms with Crippen LogP contribution in [0.4, 0.5) is 8.78 Å². The van der Waals surface area contributed by atoms with Gasteiger partial charge in [0.05, 0.1) is 11.5 Å². The summed E-state index contributed by atoms with van der Waals surface area (Å²) in [5.74, 6) is -1.63. The second-order valence-electron chi connectivity index (χ2n) is 16.1. The highest BCUT2D eigenvalue weighted by Gasteiger charge is 2.56. The molecule has 3 saturated heterocycles. The summed E-state index contributed by atoms with van der Waals surface area (Å²) < 4.78 is 60.1. The molecule has 3 aliphatic heterocycles. The number of alkyl halides is 2. The molecule has 2 N–H and O–H groups in total. The van der Waals surface area contributed by atoms with Crippen molar-refractivity contribution in [2.45, 2.75) is 94.5 Å². The van der Waals surface area contributed by atoms with Crippen molar-refractivity contribution < 1.29 is 41.8 Å². The number of rotatable bonds is 14. The zero-order valence-electron chi connectivity index (χ0n) is 33.9. The van der Waals surface area contributed by atoms with Crippen molar-refractivity contribution in [2.75, 3.05) is 19.7 Å². The smallest absolute Gasteiger partial charge is 0.390 e. The molecule has 3 aromatic carbocycles. The van der Waals surface area contributed by atoms with E-state index in [9.17, 15) is 23.7 Å². The Morgan fingerprint density at radius 2 is 1.79 bits per heavy atom. The average molecular weight is 872 g/mol. The average Bonchev–Trinajstić information content (AvgIpc) is 3.84. The van der Waals surface area contributed by atoms with Crippen molar-refractivity contribution in [3.8, 4) is 5.75 Å². The maximum absolute atomic E-state index is 16.9. The van der Waals surface area contributed by atoms with Crippen LogP contribution in [0.15, 0.2) is 91.3 Å². The fourth-order valence-electron chi connectivity index (χ4n) is 8.50. The second kappa shape index (κ2) is 17.6. The van der Waals surface area contributed by atoms with Crippen LogP contribution < -0.4 is 14.9 Å². The quantitative estimate of drug-likeness (QED) is 0.0639. The minimum atomic E-state index is -5.32. The number of carbonyl (C=O) groups is 4. The lowest BCUT2D eigenvalue weighted by Crippen LogP contribution is -2.58. The normalized spacial score (nSPS) is 21.0. The first-order chi connectivity index (χ1) is 29.4. The molecule has 61 heavy (non-hydrogen) atoms. The van der Waals surface area contributed by atoms with Crippen molar-refractivity contribution in [3.05, 3.63) is 107 Å². The SMILES string of the molecule is CCCCOC(=O)[C@H](C)NP(=O)(Oc1cccc2ccccc12)C(F)(F)c1ccc2sc(C(=O)N[C@H]3CCC[C@H]4CC[C@@H](C(=O)N5CC(c6cccnc6)C5)N4C3=O)cc2c1. The second-order valence-corrected chi connectivity index (χ2v) is 19.3. The van der Waals surface area contributed by atoms with Crippen LogP contribution in [0.2, 0.25) is 0 Å². The first-order valence-corrected chi connectivity index (χ1v) is 23.3. The predicted molar refractivity (Wildman–Crippen MR) is 229 cm³/mol. The largest absolute Gasteiger partial charge is 0.465 e. The Labute approximate surface area is 356 Å². The fraction of sp³-hybridized carbons (Fsp3) is 0.400. The van der Waals surface area contributed by atoms with Gasteiger partial charge in [0.25, 0.3) is 5.91 Å². The topological polar surface area (TPSA) is 147 Å². The molecule has 3 fully saturated rings. The van der Waals surface area contributed by atoms with E-state index in [4.69, 9.17) is 9.26 Å². The number of nitrogens with one attached hydrogen (secondary N) is 2. The molecule has 1 unspecified atom stereocenters. The molecule has 320 valence electrons. The van der Waals surface area contributed by atoms with E-state index in [1.807, 2.05) is 25.3 Å². The van der Waals surface area contributed by atoms with E-state index in [0.717, 1.165) is 41.9 Å². The Bertz CT molecular complexity index is 2490. The van der Waals surface area contributed by atoms with Gasteiger partial charge in [-0.1, -0.05) is 61.9 Å². The number of carbonyl (C=O) groups excluding carboxylic acids is 4. The number of aromatic nitrogens is 1. The highest BCUT2D eigenvalue weighted by molar-refractivity contribution is 7.58. The van der Waals surface area contributed by atoms with Crippen molar-refractivity contribution in [1.29, 1.82) is 0 Å². The van der Waals surface area contributed by atoms with Gasteiger partial charge in [-0.3, -0.25) is 28.7 Å². The zero-order valence-corrected chi connectivity index (χ0v) is 35.6. The van der Waals surface area contributed by atoms with Gasteiger partial charge < -0.3 is 24.4 Å². The Balaban J connectivity index is 0.998. The van der Waals surface area contributed by atoms with Crippen LogP contribution >= 0.6 is 18.9 Å². The lowest BCUT2D eigenvalue weighted by Gasteiger charge is -2.42. The Morgan fingerprint density at radius 1 is 0.984 bits per heavy atom. The van der Waals surface area contributed by atoms with Crippen LogP contribution in [-0.2, 0) is 29.3 Å². The number of fused-ring (bicyclic) bond motifs is 3. The van der Waals surface area contributed by atoms with Crippen LogP contribution in [0.5, 0.6) is 5.75 Å². The van der Waals surface area contributed by atoms with Crippen LogP contribution in [0.25, 0.3) is 20.9 Å². The molecule has 8 rings (SSSR count). The van der Waals surface area contributed by atoms with E-state index in [2.05, 4.69) is 15.4 Å². The van der Waals surface area contributed by atoms with Crippen molar-refractivity contribution >= 4 is 63.4 Å². The fourth-order valence-corrected chi connectivity index (χ4v) is 11.3. The maximum atomic E-state index is 16.9. The molecular weight excluding hydrogens is 824 g/mol. The minimum absolute atomic E-state index is 0.0604. The van der Waals surface area contributed by atoms with Gasteiger partial charge in [-0.25, -0.2) is 5.09 Å². The number of halogens is 2. The zero-order chi connectivity index (χ0) is 42.9. The summed E-state index contributed by atoms with van der Waals surface area (Å²) in [4.78, 5) is 62.4. The third-order valence-electron chi connectivity index (χ3n) is 11.9. The molecule has 0 bridgehead atoms. The summed E-state index contributed by atoms with van der Waals surface area (Å²) in [5, 5.41) is 6.63. The molecule has 2 aromatic heterocycles. The van der Waals surface area contributed by atoms with E-state index >= 15 is 8.78 Å². The minimum Gasteiger partial charge on any atom is -0.465 e. The number of hydrogen-bond donors (Lipinski definition) is 2. The summed E-state index contributed by atoms with van der Waals surface area (Å²) in [6.45, 7) is 4.41.